The summed E-state index contributed by atoms with van der Waals surface area (Å²) in [5.41, 5.74) is 0.247. The molecule has 1 aliphatic rings. The van der Waals surface area contributed by atoms with Crippen LogP contribution >= 0.6 is 11.3 Å². The van der Waals surface area contributed by atoms with E-state index in [-0.39, 0.29) is 16.2 Å². The summed E-state index contributed by atoms with van der Waals surface area (Å²) in [6.07, 6.45) is 5.40. The zero-order valence-corrected chi connectivity index (χ0v) is 17.0. The first-order chi connectivity index (χ1) is 12.9. The molecular formula is C18H23N3O4S2. The quantitative estimate of drug-likeness (QED) is 0.819. The van der Waals surface area contributed by atoms with Crippen molar-refractivity contribution in [1.29, 1.82) is 0 Å². The molecule has 146 valence electrons. The molecule has 1 aliphatic heterocycles. The first kappa shape index (κ1) is 19.8. The number of rotatable bonds is 5. The van der Waals surface area contributed by atoms with E-state index in [4.69, 9.17) is 4.74 Å². The molecule has 0 saturated carbocycles. The molecule has 3 rings (SSSR count). The van der Waals surface area contributed by atoms with E-state index in [1.54, 1.807) is 12.3 Å². The van der Waals surface area contributed by atoms with Crippen molar-refractivity contribution in [3.05, 3.63) is 34.8 Å². The molecule has 0 atom stereocenters. The lowest BCUT2D eigenvalue weighted by atomic mass is 10.2. The van der Waals surface area contributed by atoms with Gasteiger partial charge >= 0.3 is 0 Å². The third-order valence-corrected chi connectivity index (χ3v) is 7.20. The van der Waals surface area contributed by atoms with Gasteiger partial charge in [-0.25, -0.2) is 13.4 Å². The highest BCUT2D eigenvalue weighted by Gasteiger charge is 2.29. The smallest absolute Gasteiger partial charge is 0.257 e. The summed E-state index contributed by atoms with van der Waals surface area (Å²) in [6.45, 7) is 2.87. The Morgan fingerprint density at radius 2 is 1.93 bits per heavy atom. The van der Waals surface area contributed by atoms with Crippen LogP contribution in [0.1, 0.15) is 40.9 Å². The number of methoxy groups -OCH3 is 1. The lowest BCUT2D eigenvalue weighted by molar-refractivity contribution is 0.102. The number of amides is 1. The van der Waals surface area contributed by atoms with Crippen molar-refractivity contribution in [3.63, 3.8) is 0 Å². The summed E-state index contributed by atoms with van der Waals surface area (Å²) in [5.74, 6) is -0.166. The molecule has 1 amide bonds. The van der Waals surface area contributed by atoms with Crippen molar-refractivity contribution in [2.75, 3.05) is 25.5 Å². The molecule has 0 radical (unpaired) electrons. The van der Waals surface area contributed by atoms with E-state index >= 15 is 0 Å². The summed E-state index contributed by atoms with van der Waals surface area (Å²) in [4.78, 5) is 17.6. The number of hydrogen-bond donors (Lipinski definition) is 1. The Hall–Kier alpha value is -1.97. The molecule has 7 nitrogen and oxygen atoms in total. The minimum Gasteiger partial charge on any atom is -0.495 e. The second kappa shape index (κ2) is 8.37. The van der Waals surface area contributed by atoms with Gasteiger partial charge in [0.25, 0.3) is 5.91 Å². The first-order valence-corrected chi connectivity index (χ1v) is 11.1. The number of carbonyl (C=O) groups excluding carboxylic acids is 1. The average Bonchev–Trinajstić information content (AvgIpc) is 2.89. The summed E-state index contributed by atoms with van der Waals surface area (Å²) >= 11 is 1.36. The van der Waals surface area contributed by atoms with Gasteiger partial charge in [-0.2, -0.15) is 4.31 Å². The normalized spacial score (nSPS) is 15.9. The van der Waals surface area contributed by atoms with Gasteiger partial charge in [-0.1, -0.05) is 12.8 Å². The molecule has 1 fully saturated rings. The average molecular weight is 410 g/mol. The van der Waals surface area contributed by atoms with Gasteiger partial charge < -0.3 is 4.74 Å². The summed E-state index contributed by atoms with van der Waals surface area (Å²) in [6, 6.07) is 4.46. The lowest BCUT2D eigenvalue weighted by Crippen LogP contribution is -2.32. The highest BCUT2D eigenvalue weighted by atomic mass is 32.2. The van der Waals surface area contributed by atoms with E-state index in [1.165, 1.54) is 34.9 Å². The van der Waals surface area contributed by atoms with E-state index in [2.05, 4.69) is 10.3 Å². The molecule has 1 saturated heterocycles. The topological polar surface area (TPSA) is 88.6 Å². The maximum Gasteiger partial charge on any atom is 0.257 e. The van der Waals surface area contributed by atoms with E-state index in [0.717, 1.165) is 30.6 Å². The van der Waals surface area contributed by atoms with Gasteiger partial charge in [-0.05, 0) is 38.0 Å². The maximum atomic E-state index is 13.2. The van der Waals surface area contributed by atoms with Gasteiger partial charge in [-0.3, -0.25) is 10.1 Å². The van der Waals surface area contributed by atoms with Crippen LogP contribution in [0.4, 0.5) is 5.13 Å². The molecule has 1 N–H and O–H groups in total. The first-order valence-electron chi connectivity index (χ1n) is 8.84. The predicted octanol–water partition coefficient (Wildman–Crippen LogP) is 3.28. The SMILES string of the molecule is COc1ccc(C(=O)Nc2ncc(C)s2)cc1S(=O)(=O)N1CCCCCC1. The third kappa shape index (κ3) is 4.48. The molecule has 27 heavy (non-hydrogen) atoms. The van der Waals surface area contributed by atoms with Gasteiger partial charge in [0.05, 0.1) is 7.11 Å². The molecule has 0 unspecified atom stereocenters. The highest BCUT2D eigenvalue weighted by Crippen LogP contribution is 2.30. The Labute approximate surface area is 163 Å². The van der Waals surface area contributed by atoms with Gasteiger partial charge in [0.1, 0.15) is 10.6 Å². The van der Waals surface area contributed by atoms with Crippen LogP contribution < -0.4 is 10.1 Å². The van der Waals surface area contributed by atoms with Gasteiger partial charge in [-0.15, -0.1) is 11.3 Å². The highest BCUT2D eigenvalue weighted by molar-refractivity contribution is 7.89. The number of sulfonamides is 1. The molecule has 1 aromatic carbocycles. The van der Waals surface area contributed by atoms with Gasteiger partial charge in [0.2, 0.25) is 10.0 Å². The molecule has 0 aliphatic carbocycles. The van der Waals surface area contributed by atoms with Crippen LogP contribution in [0.2, 0.25) is 0 Å². The minimum absolute atomic E-state index is 0.0230. The molecular weight excluding hydrogens is 386 g/mol. The number of carbonyl (C=O) groups is 1. The standard InChI is InChI=1S/C18H23N3O4S2/c1-13-12-19-18(26-13)20-17(22)14-7-8-15(25-2)16(11-14)27(23,24)21-9-5-3-4-6-10-21/h7-8,11-12H,3-6,9-10H2,1-2H3,(H,19,20,22). The minimum atomic E-state index is -3.74. The van der Waals surface area contributed by atoms with Crippen molar-refractivity contribution in [1.82, 2.24) is 9.29 Å². The second-order valence-electron chi connectivity index (χ2n) is 6.41. The van der Waals surface area contributed by atoms with Crippen LogP contribution in [-0.2, 0) is 10.0 Å². The number of ether oxygens (including phenoxy) is 1. The Bertz CT molecular complexity index is 916. The van der Waals surface area contributed by atoms with Crippen LogP contribution in [0, 0.1) is 6.92 Å². The van der Waals surface area contributed by atoms with Crippen LogP contribution in [0.3, 0.4) is 0 Å². The zero-order chi connectivity index (χ0) is 19.4. The summed E-state index contributed by atoms with van der Waals surface area (Å²) in [5, 5.41) is 3.18. The lowest BCUT2D eigenvalue weighted by Gasteiger charge is -2.21. The molecule has 9 heteroatoms. The fourth-order valence-electron chi connectivity index (χ4n) is 3.02. The number of hydrogen-bond acceptors (Lipinski definition) is 6. The molecule has 2 heterocycles. The van der Waals surface area contributed by atoms with E-state index in [0.29, 0.717) is 18.2 Å². The fraction of sp³-hybridized carbons (Fsp3) is 0.444. The van der Waals surface area contributed by atoms with Gasteiger partial charge in [0, 0.05) is 29.7 Å². The molecule has 2 aromatic rings. The Kier molecular flexibility index (Phi) is 6.13. The number of aromatic nitrogens is 1. The van der Waals surface area contributed by atoms with Crippen LogP contribution in [0.25, 0.3) is 0 Å². The number of thiazole rings is 1. The van der Waals surface area contributed by atoms with E-state index in [9.17, 15) is 13.2 Å². The summed E-state index contributed by atoms with van der Waals surface area (Å²) < 4.78 is 33.1. The van der Waals surface area contributed by atoms with Crippen LogP contribution in [0.15, 0.2) is 29.3 Å². The van der Waals surface area contributed by atoms with Crippen LogP contribution in [-0.4, -0.2) is 43.8 Å². The Morgan fingerprint density at radius 1 is 1.22 bits per heavy atom. The number of nitrogens with one attached hydrogen (secondary N) is 1. The monoisotopic (exact) mass is 409 g/mol. The van der Waals surface area contributed by atoms with E-state index in [1.807, 2.05) is 6.92 Å². The van der Waals surface area contributed by atoms with Crippen molar-refractivity contribution in [2.24, 2.45) is 0 Å². The Balaban J connectivity index is 1.91. The zero-order valence-electron chi connectivity index (χ0n) is 15.4. The number of anilines is 1. The van der Waals surface area contributed by atoms with Crippen molar-refractivity contribution in [3.8, 4) is 5.75 Å². The molecule has 0 spiro atoms. The fourth-order valence-corrected chi connectivity index (χ4v) is 5.38. The van der Waals surface area contributed by atoms with Crippen molar-refractivity contribution < 1.29 is 17.9 Å². The Morgan fingerprint density at radius 3 is 2.52 bits per heavy atom. The van der Waals surface area contributed by atoms with E-state index < -0.39 is 15.9 Å². The number of benzene rings is 1. The number of nitrogens with zero attached hydrogens (tertiary/aromatic N) is 2. The third-order valence-electron chi connectivity index (χ3n) is 4.45. The maximum absolute atomic E-state index is 13.2. The van der Waals surface area contributed by atoms with Crippen molar-refractivity contribution in [2.45, 2.75) is 37.5 Å². The molecule has 1 aromatic heterocycles. The summed E-state index contributed by atoms with van der Waals surface area (Å²) in [7, 11) is -2.31. The van der Waals surface area contributed by atoms with Crippen LogP contribution in [0.5, 0.6) is 5.75 Å². The second-order valence-corrected chi connectivity index (χ2v) is 9.56. The largest absolute Gasteiger partial charge is 0.495 e. The van der Waals surface area contributed by atoms with Crippen molar-refractivity contribution >= 4 is 32.4 Å². The van der Waals surface area contributed by atoms with Gasteiger partial charge in [0.15, 0.2) is 5.13 Å². The predicted molar refractivity (Wildman–Crippen MR) is 105 cm³/mol. The number of aryl methyl sites for hydroxylation is 1. The molecule has 0 bridgehead atoms.